The Bertz CT molecular complexity index is 560. The molecule has 0 saturated carbocycles. The van der Waals surface area contributed by atoms with E-state index in [4.69, 9.17) is 10.5 Å². The van der Waals surface area contributed by atoms with Crippen LogP contribution in [0.3, 0.4) is 0 Å². The second kappa shape index (κ2) is 6.09. The summed E-state index contributed by atoms with van der Waals surface area (Å²) < 4.78 is 8.02. The smallest absolute Gasteiger partial charge is 0.119 e. The average Bonchev–Trinajstić information content (AvgIpc) is 2.92. The van der Waals surface area contributed by atoms with Crippen LogP contribution in [-0.4, -0.2) is 16.2 Å². The van der Waals surface area contributed by atoms with Crippen molar-refractivity contribution in [1.82, 2.24) is 9.55 Å². The van der Waals surface area contributed by atoms with Crippen LogP contribution in [0.1, 0.15) is 29.8 Å². The van der Waals surface area contributed by atoms with Gasteiger partial charge < -0.3 is 15.0 Å². The van der Waals surface area contributed by atoms with E-state index in [1.807, 2.05) is 30.6 Å². The molecule has 0 aliphatic heterocycles. The fourth-order valence-electron chi connectivity index (χ4n) is 2.71. The molecule has 0 fully saturated rings. The molecule has 1 aliphatic rings. The van der Waals surface area contributed by atoms with E-state index >= 15 is 0 Å². The predicted molar refractivity (Wildman–Crippen MR) is 78.7 cm³/mol. The fourth-order valence-corrected chi connectivity index (χ4v) is 2.71. The standard InChI is InChI=1S/C16H21N3O/c17-11-13-5-7-14(8-6-13)20-10-9-19-12-18-15-3-1-2-4-16(15)19/h5-8,12H,1-4,9-11,17H2. The van der Waals surface area contributed by atoms with Crippen molar-refractivity contribution in [3.63, 3.8) is 0 Å². The maximum Gasteiger partial charge on any atom is 0.119 e. The lowest BCUT2D eigenvalue weighted by molar-refractivity contribution is 0.296. The third kappa shape index (κ3) is 2.85. The number of ether oxygens (including phenoxy) is 1. The van der Waals surface area contributed by atoms with Gasteiger partial charge in [-0.1, -0.05) is 12.1 Å². The summed E-state index contributed by atoms with van der Waals surface area (Å²) in [5.74, 6) is 0.899. The highest BCUT2D eigenvalue weighted by molar-refractivity contribution is 5.27. The molecule has 1 aromatic heterocycles. The quantitative estimate of drug-likeness (QED) is 0.908. The van der Waals surface area contributed by atoms with E-state index in [2.05, 4.69) is 9.55 Å². The van der Waals surface area contributed by atoms with Gasteiger partial charge in [0.1, 0.15) is 12.4 Å². The van der Waals surface area contributed by atoms with E-state index < -0.39 is 0 Å². The first-order valence-corrected chi connectivity index (χ1v) is 7.31. The summed E-state index contributed by atoms with van der Waals surface area (Å²) in [7, 11) is 0. The molecule has 20 heavy (non-hydrogen) atoms. The van der Waals surface area contributed by atoms with Crippen molar-refractivity contribution in [3.8, 4) is 5.75 Å². The molecular weight excluding hydrogens is 250 g/mol. The highest BCUT2D eigenvalue weighted by Gasteiger charge is 2.14. The zero-order valence-corrected chi connectivity index (χ0v) is 11.7. The molecule has 106 valence electrons. The summed E-state index contributed by atoms with van der Waals surface area (Å²) >= 11 is 0. The summed E-state index contributed by atoms with van der Waals surface area (Å²) in [5.41, 5.74) is 9.39. The molecule has 4 nitrogen and oxygen atoms in total. The molecule has 0 atom stereocenters. The zero-order chi connectivity index (χ0) is 13.8. The number of hydrogen-bond acceptors (Lipinski definition) is 3. The number of nitrogens with zero attached hydrogens (tertiary/aromatic N) is 2. The number of fused-ring (bicyclic) bond motifs is 1. The minimum atomic E-state index is 0.571. The fraction of sp³-hybridized carbons (Fsp3) is 0.438. The lowest BCUT2D eigenvalue weighted by atomic mass is 10.0. The summed E-state index contributed by atoms with van der Waals surface area (Å²) in [6, 6.07) is 7.97. The minimum absolute atomic E-state index is 0.571. The third-order valence-corrected chi connectivity index (χ3v) is 3.87. The second-order valence-electron chi connectivity index (χ2n) is 5.23. The molecule has 1 aliphatic carbocycles. The Balaban J connectivity index is 1.55. The molecule has 0 spiro atoms. The number of aryl methyl sites for hydroxylation is 1. The summed E-state index contributed by atoms with van der Waals surface area (Å²) in [6.07, 6.45) is 6.79. The number of nitrogens with two attached hydrogens (primary N) is 1. The van der Waals surface area contributed by atoms with Gasteiger partial charge in [-0.25, -0.2) is 4.98 Å². The van der Waals surface area contributed by atoms with Crippen LogP contribution in [0, 0.1) is 0 Å². The predicted octanol–water partition coefficient (Wildman–Crippen LogP) is 2.30. The van der Waals surface area contributed by atoms with Gasteiger partial charge >= 0.3 is 0 Å². The summed E-state index contributed by atoms with van der Waals surface area (Å²) in [4.78, 5) is 4.50. The molecule has 4 heteroatoms. The maximum absolute atomic E-state index is 5.78. The number of benzene rings is 1. The van der Waals surface area contributed by atoms with Crippen LogP contribution in [0.25, 0.3) is 0 Å². The molecule has 0 unspecified atom stereocenters. The van der Waals surface area contributed by atoms with Gasteiger partial charge in [0.05, 0.1) is 18.6 Å². The molecule has 0 amide bonds. The van der Waals surface area contributed by atoms with E-state index in [-0.39, 0.29) is 0 Å². The van der Waals surface area contributed by atoms with Crippen LogP contribution in [0.4, 0.5) is 0 Å². The Morgan fingerprint density at radius 2 is 1.95 bits per heavy atom. The van der Waals surface area contributed by atoms with Gasteiger partial charge in [0.15, 0.2) is 0 Å². The normalized spacial score (nSPS) is 14.1. The van der Waals surface area contributed by atoms with Crippen LogP contribution in [-0.2, 0) is 25.9 Å². The molecule has 1 aromatic carbocycles. The van der Waals surface area contributed by atoms with Crippen LogP contribution >= 0.6 is 0 Å². The molecule has 2 aromatic rings. The van der Waals surface area contributed by atoms with Gasteiger partial charge in [-0.15, -0.1) is 0 Å². The number of hydrogen-bond donors (Lipinski definition) is 1. The van der Waals surface area contributed by atoms with Gasteiger partial charge in [0.25, 0.3) is 0 Å². The van der Waals surface area contributed by atoms with Gasteiger partial charge in [0, 0.05) is 12.2 Å². The van der Waals surface area contributed by atoms with Crippen molar-refractivity contribution in [2.24, 2.45) is 5.73 Å². The number of rotatable bonds is 5. The minimum Gasteiger partial charge on any atom is -0.492 e. The molecule has 3 rings (SSSR count). The third-order valence-electron chi connectivity index (χ3n) is 3.87. The summed E-state index contributed by atoms with van der Waals surface area (Å²) in [5, 5.41) is 0. The molecular formula is C16H21N3O. The Morgan fingerprint density at radius 3 is 2.75 bits per heavy atom. The number of aromatic nitrogens is 2. The van der Waals surface area contributed by atoms with Gasteiger partial charge in [-0.2, -0.15) is 0 Å². The van der Waals surface area contributed by atoms with Gasteiger partial charge in [-0.3, -0.25) is 0 Å². The lowest BCUT2D eigenvalue weighted by Gasteiger charge is -2.14. The lowest BCUT2D eigenvalue weighted by Crippen LogP contribution is -2.12. The highest BCUT2D eigenvalue weighted by Crippen LogP contribution is 2.20. The van der Waals surface area contributed by atoms with Crippen LogP contribution in [0.5, 0.6) is 5.75 Å². The first kappa shape index (κ1) is 13.2. The Morgan fingerprint density at radius 1 is 1.15 bits per heavy atom. The number of imidazole rings is 1. The summed E-state index contributed by atoms with van der Waals surface area (Å²) in [6.45, 7) is 2.10. The van der Waals surface area contributed by atoms with E-state index in [1.165, 1.54) is 24.2 Å². The monoisotopic (exact) mass is 271 g/mol. The van der Waals surface area contributed by atoms with E-state index in [0.717, 1.165) is 30.7 Å². The molecule has 0 bridgehead atoms. The van der Waals surface area contributed by atoms with Crippen LogP contribution in [0.2, 0.25) is 0 Å². The van der Waals surface area contributed by atoms with Crippen molar-refractivity contribution in [1.29, 1.82) is 0 Å². The molecule has 1 heterocycles. The van der Waals surface area contributed by atoms with Crippen molar-refractivity contribution < 1.29 is 4.74 Å². The first-order valence-electron chi connectivity index (χ1n) is 7.31. The highest BCUT2D eigenvalue weighted by atomic mass is 16.5. The Hall–Kier alpha value is -1.81. The van der Waals surface area contributed by atoms with Crippen molar-refractivity contribution in [3.05, 3.63) is 47.5 Å². The van der Waals surface area contributed by atoms with Crippen molar-refractivity contribution in [2.45, 2.75) is 38.8 Å². The van der Waals surface area contributed by atoms with Crippen molar-refractivity contribution >= 4 is 0 Å². The maximum atomic E-state index is 5.78. The second-order valence-corrected chi connectivity index (χ2v) is 5.23. The molecule has 2 N–H and O–H groups in total. The Kier molecular flexibility index (Phi) is 4.02. The van der Waals surface area contributed by atoms with Crippen LogP contribution < -0.4 is 10.5 Å². The molecule has 0 radical (unpaired) electrons. The molecule has 0 saturated heterocycles. The Labute approximate surface area is 119 Å². The zero-order valence-electron chi connectivity index (χ0n) is 11.7. The van der Waals surface area contributed by atoms with E-state index in [1.54, 1.807) is 0 Å². The van der Waals surface area contributed by atoms with Crippen molar-refractivity contribution in [2.75, 3.05) is 6.61 Å². The van der Waals surface area contributed by atoms with E-state index in [9.17, 15) is 0 Å². The van der Waals surface area contributed by atoms with Crippen LogP contribution in [0.15, 0.2) is 30.6 Å². The van der Waals surface area contributed by atoms with Gasteiger partial charge in [0.2, 0.25) is 0 Å². The first-order chi connectivity index (χ1) is 9.86. The van der Waals surface area contributed by atoms with Gasteiger partial charge in [-0.05, 0) is 43.4 Å². The largest absolute Gasteiger partial charge is 0.492 e. The average molecular weight is 271 g/mol. The van der Waals surface area contributed by atoms with E-state index in [0.29, 0.717) is 13.2 Å². The topological polar surface area (TPSA) is 53.1 Å². The SMILES string of the molecule is NCc1ccc(OCCn2cnc3c2CCCC3)cc1.